The second-order valence-electron chi connectivity index (χ2n) is 28.4. The van der Waals surface area contributed by atoms with Gasteiger partial charge in [-0.2, -0.15) is 0 Å². The van der Waals surface area contributed by atoms with E-state index < -0.39 is 0 Å². The van der Waals surface area contributed by atoms with Gasteiger partial charge in [0, 0.05) is 55.9 Å². The Morgan fingerprint density at radius 2 is 0.922 bits per heavy atom. The summed E-state index contributed by atoms with van der Waals surface area (Å²) in [4.78, 5) is 5.21. The number of benzene rings is 8. The number of anilines is 6. The third-order valence-corrected chi connectivity index (χ3v) is 17.5. The van der Waals surface area contributed by atoms with Crippen LogP contribution in [0.2, 0.25) is 0 Å². The number of hydrogen-bond donors (Lipinski definition) is 0. The summed E-state index contributed by atoms with van der Waals surface area (Å²) in [7, 11) is 0. The molecule has 3 aliphatic rings. The molecule has 3 heterocycles. The van der Waals surface area contributed by atoms with E-state index >= 15 is 0 Å². The summed E-state index contributed by atoms with van der Waals surface area (Å²) in [5.74, 6) is 0. The Balaban J connectivity index is 1.28. The van der Waals surface area contributed by atoms with Crippen molar-refractivity contribution in [1.29, 1.82) is 0 Å². The van der Waals surface area contributed by atoms with Gasteiger partial charge in [-0.05, 0) is 149 Å². The van der Waals surface area contributed by atoms with Crippen molar-refractivity contribution >= 4 is 68.1 Å². The van der Waals surface area contributed by atoms with Crippen molar-refractivity contribution in [2.45, 2.75) is 150 Å². The van der Waals surface area contributed by atoms with Gasteiger partial charge in [0.1, 0.15) is 0 Å². The molecule has 0 saturated carbocycles. The van der Waals surface area contributed by atoms with Gasteiger partial charge in [-0.3, -0.25) is 0 Å². The van der Waals surface area contributed by atoms with E-state index in [9.17, 15) is 0 Å². The molecule has 12 rings (SSSR count). The first-order valence-corrected chi connectivity index (χ1v) is 28.3. The van der Waals surface area contributed by atoms with Crippen molar-refractivity contribution in [2.24, 2.45) is 0 Å². The number of nitrogens with zero attached hydrogens (tertiary/aromatic N) is 3. The zero-order valence-corrected chi connectivity index (χ0v) is 49.0. The van der Waals surface area contributed by atoms with Crippen LogP contribution in [0.1, 0.15) is 157 Å². The third kappa shape index (κ3) is 8.05. The molecule has 0 spiro atoms. The van der Waals surface area contributed by atoms with Crippen molar-refractivity contribution in [3.8, 4) is 28.1 Å². The van der Waals surface area contributed by atoms with E-state index in [1.807, 2.05) is 0 Å². The maximum absolute atomic E-state index is 2.73. The lowest BCUT2D eigenvalue weighted by atomic mass is 9.33. The fraction of sp³-hybridized carbons (Fsp3) is 0.315. The molecule has 3 nitrogen and oxygen atoms in total. The van der Waals surface area contributed by atoms with Crippen LogP contribution < -0.4 is 26.2 Å². The molecule has 0 N–H and O–H groups in total. The van der Waals surface area contributed by atoms with Gasteiger partial charge in [0.15, 0.2) is 0 Å². The van der Waals surface area contributed by atoms with Crippen LogP contribution in [0.15, 0.2) is 164 Å². The topological polar surface area (TPSA) is 11.4 Å². The maximum atomic E-state index is 2.73. The highest BCUT2D eigenvalue weighted by Gasteiger charge is 2.48. The second-order valence-corrected chi connectivity index (χ2v) is 28.4. The van der Waals surface area contributed by atoms with Crippen molar-refractivity contribution in [1.82, 2.24) is 4.57 Å². The van der Waals surface area contributed by atoms with Gasteiger partial charge in [0.25, 0.3) is 6.71 Å². The predicted molar refractivity (Wildman–Crippen MR) is 334 cm³/mol. The summed E-state index contributed by atoms with van der Waals surface area (Å²) in [5.41, 5.74) is 27.7. The number of fused-ring (bicyclic) bond motifs is 9. The molecule has 0 saturated heterocycles. The molecule has 9 aromatic rings. The van der Waals surface area contributed by atoms with Crippen LogP contribution in [0.3, 0.4) is 0 Å². The van der Waals surface area contributed by atoms with Gasteiger partial charge in [-0.1, -0.05) is 221 Å². The Morgan fingerprint density at radius 1 is 0.403 bits per heavy atom. The molecule has 388 valence electrons. The van der Waals surface area contributed by atoms with E-state index in [0.717, 1.165) is 17.1 Å². The highest BCUT2D eigenvalue weighted by molar-refractivity contribution is 7.00. The fourth-order valence-corrected chi connectivity index (χ4v) is 13.0. The standard InChI is InChI=1S/C73H78BN3/c1-68(2,3)46-27-33-51(34-28-46)75(52-35-29-47(30-36-52)69(4,5)6)53-43-62-65-63(44-53)77-66-56(64-67(77)54-25-21-22-26-57(54)73(64,16)17)40-50(72(13,14)15)41-59(66)74(65)58-37-31-49(71(10,11)12)42-61(58)76(62)60-38-32-48(70(7,8)9)39-55(60)45-23-19-18-20-24-45/h18-44H,1-17H3. The van der Waals surface area contributed by atoms with Crippen LogP contribution >= 0.6 is 0 Å². The lowest BCUT2D eigenvalue weighted by Crippen LogP contribution is -2.60. The fourth-order valence-electron chi connectivity index (χ4n) is 13.0. The minimum atomic E-state index is -0.232. The molecule has 77 heavy (non-hydrogen) atoms. The van der Waals surface area contributed by atoms with Crippen molar-refractivity contribution in [2.75, 3.05) is 9.80 Å². The van der Waals surface area contributed by atoms with Crippen LogP contribution in [0, 0.1) is 0 Å². The average Bonchev–Trinajstić information content (AvgIpc) is 4.09. The molecule has 0 atom stereocenters. The van der Waals surface area contributed by atoms with Crippen LogP contribution in [-0.2, 0) is 32.5 Å². The third-order valence-electron chi connectivity index (χ3n) is 17.5. The van der Waals surface area contributed by atoms with Gasteiger partial charge in [-0.25, -0.2) is 0 Å². The summed E-state index contributed by atoms with van der Waals surface area (Å²) < 4.78 is 2.73. The Labute approximate surface area is 461 Å². The molecule has 2 aliphatic heterocycles. The van der Waals surface area contributed by atoms with E-state index in [-0.39, 0.29) is 39.2 Å². The minimum Gasteiger partial charge on any atom is -0.311 e. The Hall–Kier alpha value is -7.04. The maximum Gasteiger partial charge on any atom is 0.252 e. The summed E-state index contributed by atoms with van der Waals surface area (Å²) >= 11 is 0. The first kappa shape index (κ1) is 50.8. The van der Waals surface area contributed by atoms with Crippen molar-refractivity contribution in [3.63, 3.8) is 0 Å². The molecule has 8 aromatic carbocycles. The molecule has 0 bridgehead atoms. The average molecular weight is 1010 g/mol. The summed E-state index contributed by atoms with van der Waals surface area (Å²) in [6.07, 6.45) is 0. The van der Waals surface area contributed by atoms with Gasteiger partial charge in [0.05, 0.1) is 17.1 Å². The summed E-state index contributed by atoms with van der Waals surface area (Å²) in [6.45, 7) is 40.0. The summed E-state index contributed by atoms with van der Waals surface area (Å²) in [6, 6.07) is 64.2. The highest BCUT2D eigenvalue weighted by atomic mass is 15.2. The molecular weight excluding hydrogens is 930 g/mol. The monoisotopic (exact) mass is 1010 g/mol. The lowest BCUT2D eigenvalue weighted by Gasteiger charge is -2.43. The van der Waals surface area contributed by atoms with Gasteiger partial charge >= 0.3 is 0 Å². The molecule has 0 radical (unpaired) electrons. The van der Waals surface area contributed by atoms with E-state index in [0.29, 0.717) is 0 Å². The van der Waals surface area contributed by atoms with Crippen LogP contribution in [-0.4, -0.2) is 11.3 Å². The molecule has 0 amide bonds. The normalized spacial score (nSPS) is 14.6. The molecule has 0 unspecified atom stereocenters. The molecule has 1 aromatic heterocycles. The van der Waals surface area contributed by atoms with E-state index in [2.05, 4.69) is 296 Å². The molecular formula is C73H78BN3. The predicted octanol–water partition coefficient (Wildman–Crippen LogP) is 18.2. The van der Waals surface area contributed by atoms with E-state index in [4.69, 9.17) is 0 Å². The van der Waals surface area contributed by atoms with Gasteiger partial charge in [-0.15, -0.1) is 0 Å². The zero-order valence-electron chi connectivity index (χ0n) is 49.0. The van der Waals surface area contributed by atoms with Crippen LogP contribution in [0.4, 0.5) is 34.1 Å². The van der Waals surface area contributed by atoms with Gasteiger partial charge < -0.3 is 14.4 Å². The number of aromatic nitrogens is 1. The first-order valence-electron chi connectivity index (χ1n) is 28.3. The minimum absolute atomic E-state index is 0.00596. The lowest BCUT2D eigenvalue weighted by molar-refractivity contribution is 0.590. The summed E-state index contributed by atoms with van der Waals surface area (Å²) in [5, 5.41) is 1.37. The molecule has 0 fully saturated rings. The van der Waals surface area contributed by atoms with E-state index in [1.54, 1.807) is 0 Å². The smallest absolute Gasteiger partial charge is 0.252 e. The zero-order chi connectivity index (χ0) is 54.7. The SMILES string of the molecule is CC(C)(C)c1ccc(N(c2ccc(C(C)(C)C)cc2)c2cc3c4c(c2)-n2c5c(c6cc(C(C)(C)C)cc(c62)B4c2ccc(C(C)(C)C)cc2N3c2ccc(C(C)(C)C)cc2-c2ccccc2)C(C)(C)c2ccccc2-5)cc1. The molecule has 4 heteroatoms. The van der Waals surface area contributed by atoms with Crippen molar-refractivity contribution < 1.29 is 0 Å². The van der Waals surface area contributed by atoms with Crippen LogP contribution in [0.25, 0.3) is 39.0 Å². The van der Waals surface area contributed by atoms with Gasteiger partial charge in [0.2, 0.25) is 0 Å². The Morgan fingerprint density at radius 3 is 1.51 bits per heavy atom. The Bertz CT molecular complexity index is 3780. The van der Waals surface area contributed by atoms with Crippen molar-refractivity contribution in [3.05, 3.63) is 203 Å². The largest absolute Gasteiger partial charge is 0.311 e. The number of hydrogen-bond acceptors (Lipinski definition) is 2. The Kier molecular flexibility index (Phi) is 11.2. The first-order chi connectivity index (χ1) is 36.1. The van der Waals surface area contributed by atoms with E-state index in [1.165, 1.54) is 111 Å². The second kappa shape index (κ2) is 17.0. The molecule has 1 aliphatic carbocycles. The number of rotatable bonds is 5. The highest BCUT2D eigenvalue weighted by Crippen LogP contribution is 2.56. The quantitative estimate of drug-likeness (QED) is 0.159. The van der Waals surface area contributed by atoms with Crippen LogP contribution in [0.5, 0.6) is 0 Å².